The van der Waals surface area contributed by atoms with Crippen molar-refractivity contribution in [3.05, 3.63) is 0 Å². The Hall–Kier alpha value is -0.200. The van der Waals surface area contributed by atoms with E-state index in [1.807, 2.05) is 0 Å². The summed E-state index contributed by atoms with van der Waals surface area (Å²) in [6.45, 7) is 2.96. The van der Waals surface area contributed by atoms with Gasteiger partial charge >= 0.3 is 0 Å². The second kappa shape index (κ2) is 6.20. The Morgan fingerprint density at radius 1 is 0.958 bits per heavy atom. The molecule has 1 N–H and O–H groups in total. The zero-order valence-corrected chi connectivity index (χ0v) is 14.7. The monoisotopic (exact) mass is 337 g/mol. The highest BCUT2D eigenvalue weighted by Crippen LogP contribution is 2.49. The second-order valence-electron chi connectivity index (χ2n) is 8.84. The maximum absolute atomic E-state index is 10.5. The van der Waals surface area contributed by atoms with E-state index in [2.05, 4.69) is 4.90 Å². The number of aliphatic hydroxyl groups is 1. The Morgan fingerprint density at radius 3 is 2.54 bits per heavy atom. The van der Waals surface area contributed by atoms with Crippen LogP contribution in [0.2, 0.25) is 0 Å². The first kappa shape index (κ1) is 16.0. The minimum absolute atomic E-state index is 0.0496. The summed E-state index contributed by atoms with van der Waals surface area (Å²) >= 11 is 0. The first-order valence-electron chi connectivity index (χ1n) is 9.91. The molecule has 3 aliphatic heterocycles. The molecule has 5 fully saturated rings. The van der Waals surface area contributed by atoms with Crippen molar-refractivity contribution in [1.29, 1.82) is 0 Å². The number of fused-ring (bicyclic) bond motifs is 5. The lowest BCUT2D eigenvalue weighted by atomic mass is 9.62. The highest BCUT2D eigenvalue weighted by molar-refractivity contribution is 5.03. The molecule has 0 bridgehead atoms. The average Bonchev–Trinajstić information content (AvgIpc) is 3.04. The molecule has 0 aromatic rings. The molecule has 9 unspecified atom stereocenters. The van der Waals surface area contributed by atoms with Gasteiger partial charge in [-0.15, -0.1) is 0 Å². The summed E-state index contributed by atoms with van der Waals surface area (Å²) in [6.07, 6.45) is 7.35. The van der Waals surface area contributed by atoms with Gasteiger partial charge in [-0.1, -0.05) is 0 Å². The lowest BCUT2D eigenvalue weighted by Gasteiger charge is -2.56. The van der Waals surface area contributed by atoms with E-state index in [1.54, 1.807) is 7.11 Å². The summed E-state index contributed by atoms with van der Waals surface area (Å²) in [6, 6.07) is 0.663. The minimum Gasteiger partial charge on any atom is -0.390 e. The highest BCUT2D eigenvalue weighted by atomic mass is 16.7. The summed E-state index contributed by atoms with van der Waals surface area (Å²) in [5.74, 6) is 2.95. The molecule has 0 radical (unpaired) electrons. The fourth-order valence-electron chi connectivity index (χ4n) is 6.60. The summed E-state index contributed by atoms with van der Waals surface area (Å²) < 4.78 is 17.1. The first-order chi connectivity index (χ1) is 11.7. The van der Waals surface area contributed by atoms with E-state index in [9.17, 15) is 5.11 Å². The van der Waals surface area contributed by atoms with Gasteiger partial charge in [0.1, 0.15) is 6.79 Å². The summed E-state index contributed by atoms with van der Waals surface area (Å²) in [4.78, 5) is 2.75. The van der Waals surface area contributed by atoms with Gasteiger partial charge in [0.25, 0.3) is 0 Å². The number of hydrogen-bond acceptors (Lipinski definition) is 5. The number of piperidine rings is 2. The predicted molar refractivity (Wildman–Crippen MR) is 88.4 cm³/mol. The van der Waals surface area contributed by atoms with Crippen molar-refractivity contribution in [1.82, 2.24) is 4.90 Å². The van der Waals surface area contributed by atoms with Crippen molar-refractivity contribution in [2.75, 3.05) is 27.0 Å². The molecule has 5 nitrogen and oxygen atoms in total. The van der Waals surface area contributed by atoms with Crippen LogP contribution in [-0.4, -0.2) is 67.5 Å². The van der Waals surface area contributed by atoms with Crippen LogP contribution in [0, 0.1) is 23.7 Å². The standard InChI is InChI=1S/C19H31NO4/c1-22-17-5-11-2-3-20-9-13-7-19-18(23-10-24-19)6-12(13)4-15(20)14(11)8-16(17)21/h11-19,21H,2-10H2,1H3. The summed E-state index contributed by atoms with van der Waals surface area (Å²) in [7, 11) is 1.75. The fourth-order valence-corrected chi connectivity index (χ4v) is 6.60. The molecule has 3 heterocycles. The third-order valence-corrected chi connectivity index (χ3v) is 7.87. The molecule has 0 amide bonds. The summed E-state index contributed by atoms with van der Waals surface area (Å²) in [5.41, 5.74) is 0. The number of aliphatic hydroxyl groups excluding tert-OH is 1. The molecule has 24 heavy (non-hydrogen) atoms. The van der Waals surface area contributed by atoms with Crippen molar-refractivity contribution < 1.29 is 19.3 Å². The van der Waals surface area contributed by atoms with Crippen LogP contribution in [0.4, 0.5) is 0 Å². The number of methoxy groups -OCH3 is 1. The van der Waals surface area contributed by atoms with Crippen molar-refractivity contribution >= 4 is 0 Å². The molecule has 3 saturated heterocycles. The van der Waals surface area contributed by atoms with Gasteiger partial charge in [0.15, 0.2) is 0 Å². The molecular formula is C19H31NO4. The smallest absolute Gasteiger partial charge is 0.147 e. The quantitative estimate of drug-likeness (QED) is 0.788. The normalized spacial score (nSPS) is 54.5. The molecule has 5 aliphatic rings. The molecular weight excluding hydrogens is 306 g/mol. The maximum atomic E-state index is 10.5. The van der Waals surface area contributed by atoms with Gasteiger partial charge in [-0.05, 0) is 68.7 Å². The van der Waals surface area contributed by atoms with Gasteiger partial charge in [0, 0.05) is 19.7 Å². The van der Waals surface area contributed by atoms with Crippen molar-refractivity contribution in [2.45, 2.75) is 69.0 Å². The van der Waals surface area contributed by atoms with Crippen LogP contribution in [0.15, 0.2) is 0 Å². The Bertz CT molecular complexity index is 474. The molecule has 0 spiro atoms. The van der Waals surface area contributed by atoms with E-state index in [0.717, 1.165) is 30.6 Å². The molecule has 9 atom stereocenters. The van der Waals surface area contributed by atoms with Crippen LogP contribution >= 0.6 is 0 Å². The Labute approximate surface area is 144 Å². The van der Waals surface area contributed by atoms with Crippen LogP contribution < -0.4 is 0 Å². The lowest BCUT2D eigenvalue weighted by molar-refractivity contribution is -0.122. The third-order valence-electron chi connectivity index (χ3n) is 7.87. The van der Waals surface area contributed by atoms with Crippen molar-refractivity contribution in [3.8, 4) is 0 Å². The van der Waals surface area contributed by atoms with Gasteiger partial charge < -0.3 is 19.3 Å². The SMILES string of the molecule is COC1CC2CCN3CC4CC5OCOC5CC4CC3C2CC1O. The van der Waals surface area contributed by atoms with Gasteiger partial charge in [0.05, 0.1) is 24.4 Å². The van der Waals surface area contributed by atoms with Crippen LogP contribution in [0.3, 0.4) is 0 Å². The number of hydrogen-bond donors (Lipinski definition) is 1. The van der Waals surface area contributed by atoms with Crippen molar-refractivity contribution in [2.24, 2.45) is 23.7 Å². The van der Waals surface area contributed by atoms with E-state index in [-0.39, 0.29) is 12.2 Å². The largest absolute Gasteiger partial charge is 0.390 e. The van der Waals surface area contributed by atoms with Gasteiger partial charge in [0.2, 0.25) is 0 Å². The first-order valence-corrected chi connectivity index (χ1v) is 9.91. The minimum atomic E-state index is -0.281. The summed E-state index contributed by atoms with van der Waals surface area (Å²) in [5, 5.41) is 10.5. The lowest BCUT2D eigenvalue weighted by Crippen LogP contribution is -2.60. The Kier molecular flexibility index (Phi) is 4.14. The molecule has 2 saturated carbocycles. The van der Waals surface area contributed by atoms with Gasteiger partial charge in [-0.2, -0.15) is 0 Å². The van der Waals surface area contributed by atoms with E-state index in [1.165, 1.54) is 38.8 Å². The Balaban J connectivity index is 1.31. The fraction of sp³-hybridized carbons (Fsp3) is 1.00. The highest BCUT2D eigenvalue weighted by Gasteiger charge is 2.51. The second-order valence-corrected chi connectivity index (χ2v) is 8.84. The topological polar surface area (TPSA) is 51.2 Å². The van der Waals surface area contributed by atoms with E-state index in [4.69, 9.17) is 14.2 Å². The molecule has 0 aromatic carbocycles. The molecule has 0 aromatic heterocycles. The zero-order chi connectivity index (χ0) is 16.3. The van der Waals surface area contributed by atoms with Crippen LogP contribution in [-0.2, 0) is 14.2 Å². The molecule has 136 valence electrons. The van der Waals surface area contributed by atoms with E-state index in [0.29, 0.717) is 31.0 Å². The van der Waals surface area contributed by atoms with Crippen LogP contribution in [0.25, 0.3) is 0 Å². The molecule has 2 aliphatic carbocycles. The third kappa shape index (κ3) is 2.55. The van der Waals surface area contributed by atoms with Crippen LogP contribution in [0.5, 0.6) is 0 Å². The molecule has 5 heteroatoms. The number of ether oxygens (including phenoxy) is 3. The maximum Gasteiger partial charge on any atom is 0.147 e. The van der Waals surface area contributed by atoms with Crippen LogP contribution in [0.1, 0.15) is 38.5 Å². The van der Waals surface area contributed by atoms with Gasteiger partial charge in [-0.3, -0.25) is 4.90 Å². The van der Waals surface area contributed by atoms with Gasteiger partial charge in [-0.25, -0.2) is 0 Å². The Morgan fingerprint density at radius 2 is 1.75 bits per heavy atom. The zero-order valence-electron chi connectivity index (χ0n) is 14.7. The molecule has 5 rings (SSSR count). The van der Waals surface area contributed by atoms with Crippen molar-refractivity contribution in [3.63, 3.8) is 0 Å². The number of nitrogens with zero attached hydrogens (tertiary/aromatic N) is 1. The van der Waals surface area contributed by atoms with E-state index >= 15 is 0 Å². The van der Waals surface area contributed by atoms with E-state index < -0.39 is 0 Å². The average molecular weight is 337 g/mol. The number of rotatable bonds is 1. The predicted octanol–water partition coefficient (Wildman–Crippen LogP) is 1.63.